The van der Waals surface area contributed by atoms with Gasteiger partial charge in [-0.15, -0.1) is 0 Å². The summed E-state index contributed by atoms with van der Waals surface area (Å²) >= 11 is 0. The summed E-state index contributed by atoms with van der Waals surface area (Å²) in [6.07, 6.45) is 1.79. The number of nitrogens with zero attached hydrogens (tertiary/aromatic N) is 6. The quantitative estimate of drug-likeness (QED) is 0.481. The molecule has 2 N–H and O–H groups in total. The van der Waals surface area contributed by atoms with Gasteiger partial charge in [0.25, 0.3) is 11.2 Å². The lowest BCUT2D eigenvalue weighted by Gasteiger charge is -2.31. The number of piperidine rings is 1. The second kappa shape index (κ2) is 7.41. The van der Waals surface area contributed by atoms with E-state index >= 15 is 0 Å². The van der Waals surface area contributed by atoms with Gasteiger partial charge in [0.15, 0.2) is 11.2 Å². The van der Waals surface area contributed by atoms with Crippen LogP contribution in [0.3, 0.4) is 0 Å². The van der Waals surface area contributed by atoms with Gasteiger partial charge < -0.3 is 10.6 Å². The van der Waals surface area contributed by atoms with E-state index in [0.717, 1.165) is 24.0 Å². The van der Waals surface area contributed by atoms with Crippen molar-refractivity contribution in [3.63, 3.8) is 0 Å². The lowest BCUT2D eigenvalue weighted by molar-refractivity contribution is -0.384. The number of fused-ring (bicyclic) bond motifs is 1. The maximum Gasteiger partial charge on any atom is 0.332 e. The van der Waals surface area contributed by atoms with E-state index in [9.17, 15) is 19.7 Å². The highest BCUT2D eigenvalue weighted by Gasteiger charge is 2.26. The second-order valence-corrected chi connectivity index (χ2v) is 7.65. The minimum atomic E-state index is -0.464. The van der Waals surface area contributed by atoms with Crippen LogP contribution in [0.1, 0.15) is 18.4 Å². The zero-order chi connectivity index (χ0) is 21.6. The monoisotopic (exact) mass is 413 g/mol. The number of hydrogen-bond donors (Lipinski definition) is 1. The molecule has 3 heterocycles. The Labute approximate surface area is 171 Å². The Morgan fingerprint density at radius 3 is 2.73 bits per heavy atom. The fourth-order valence-corrected chi connectivity index (χ4v) is 3.97. The van der Waals surface area contributed by atoms with E-state index in [1.165, 1.54) is 23.7 Å². The molecule has 2 aromatic heterocycles. The van der Waals surface area contributed by atoms with E-state index in [0.29, 0.717) is 18.1 Å². The second-order valence-electron chi connectivity index (χ2n) is 7.65. The van der Waals surface area contributed by atoms with Crippen LogP contribution in [0, 0.1) is 10.1 Å². The lowest BCUT2D eigenvalue weighted by atomic mass is 10.1. The molecule has 30 heavy (non-hydrogen) atoms. The van der Waals surface area contributed by atoms with E-state index < -0.39 is 16.2 Å². The third-order valence-corrected chi connectivity index (χ3v) is 5.53. The number of nitro groups is 1. The van der Waals surface area contributed by atoms with Gasteiger partial charge in [0.05, 0.1) is 11.5 Å². The van der Waals surface area contributed by atoms with Crippen LogP contribution in [0.25, 0.3) is 11.2 Å². The molecule has 11 heteroatoms. The topological polar surface area (TPSA) is 134 Å². The van der Waals surface area contributed by atoms with Crippen LogP contribution >= 0.6 is 0 Å². The molecule has 1 fully saturated rings. The molecular weight excluding hydrogens is 390 g/mol. The van der Waals surface area contributed by atoms with Gasteiger partial charge in [-0.25, -0.2) is 4.79 Å². The van der Waals surface area contributed by atoms with E-state index in [1.54, 1.807) is 23.7 Å². The lowest BCUT2D eigenvalue weighted by Crippen LogP contribution is -2.44. The van der Waals surface area contributed by atoms with Gasteiger partial charge in [-0.3, -0.25) is 28.6 Å². The Balaban J connectivity index is 1.94. The Bertz CT molecular complexity index is 1260. The smallest absolute Gasteiger partial charge is 0.332 e. The zero-order valence-electron chi connectivity index (χ0n) is 16.8. The molecule has 1 saturated heterocycles. The summed E-state index contributed by atoms with van der Waals surface area (Å²) in [6.45, 7) is 1.50. The average Bonchev–Trinajstić information content (AvgIpc) is 3.10. The maximum absolute atomic E-state index is 13.0. The Kier molecular flexibility index (Phi) is 4.90. The molecule has 1 atom stereocenters. The highest BCUT2D eigenvalue weighted by molar-refractivity contribution is 5.75. The first-order valence-corrected chi connectivity index (χ1v) is 9.68. The van der Waals surface area contributed by atoms with Gasteiger partial charge in [0, 0.05) is 45.4 Å². The predicted octanol–water partition coefficient (Wildman–Crippen LogP) is 0.318. The largest absolute Gasteiger partial charge is 0.341 e. The third-order valence-electron chi connectivity index (χ3n) is 5.53. The summed E-state index contributed by atoms with van der Waals surface area (Å²) < 4.78 is 4.11. The van der Waals surface area contributed by atoms with E-state index in [1.807, 2.05) is 4.90 Å². The van der Waals surface area contributed by atoms with Crippen LogP contribution in [0.5, 0.6) is 0 Å². The normalized spacial score (nSPS) is 16.9. The maximum atomic E-state index is 13.0. The SMILES string of the molecule is Cn1c(=O)c2c(nc(N3CCCC(N)C3)n2Cc2cccc([N+](=O)[O-])c2)n(C)c1=O. The van der Waals surface area contributed by atoms with Crippen LogP contribution in [0.2, 0.25) is 0 Å². The number of aromatic nitrogens is 4. The number of aryl methyl sites for hydroxylation is 1. The molecule has 0 radical (unpaired) electrons. The molecule has 0 aliphatic carbocycles. The van der Waals surface area contributed by atoms with Crippen molar-refractivity contribution in [3.05, 3.63) is 60.8 Å². The van der Waals surface area contributed by atoms with Crippen molar-refractivity contribution in [2.45, 2.75) is 25.4 Å². The summed E-state index contributed by atoms with van der Waals surface area (Å²) in [5.74, 6) is 0.532. The first-order valence-electron chi connectivity index (χ1n) is 9.68. The zero-order valence-corrected chi connectivity index (χ0v) is 16.8. The highest BCUT2D eigenvalue weighted by Crippen LogP contribution is 2.25. The van der Waals surface area contributed by atoms with Gasteiger partial charge in [-0.1, -0.05) is 12.1 Å². The Hall–Kier alpha value is -3.47. The highest BCUT2D eigenvalue weighted by atomic mass is 16.6. The van der Waals surface area contributed by atoms with Gasteiger partial charge in [0.1, 0.15) is 0 Å². The molecule has 0 bridgehead atoms. The van der Waals surface area contributed by atoms with Crippen molar-refractivity contribution in [3.8, 4) is 0 Å². The molecule has 158 valence electrons. The summed E-state index contributed by atoms with van der Waals surface area (Å²) in [4.78, 5) is 42.7. The molecule has 1 aliphatic rings. The number of nitrogens with two attached hydrogens (primary N) is 1. The molecule has 11 nitrogen and oxygen atoms in total. The van der Waals surface area contributed by atoms with Crippen molar-refractivity contribution < 1.29 is 4.92 Å². The number of benzene rings is 1. The molecule has 1 aromatic carbocycles. The van der Waals surface area contributed by atoms with E-state index in [2.05, 4.69) is 4.98 Å². The number of hydrogen-bond acceptors (Lipinski definition) is 7. The summed E-state index contributed by atoms with van der Waals surface area (Å²) in [6, 6.07) is 6.25. The minimum Gasteiger partial charge on any atom is -0.341 e. The Morgan fingerprint density at radius 2 is 2.03 bits per heavy atom. The number of nitro benzene ring substituents is 1. The van der Waals surface area contributed by atoms with Crippen molar-refractivity contribution in [2.24, 2.45) is 19.8 Å². The molecule has 0 amide bonds. The summed E-state index contributed by atoms with van der Waals surface area (Å²) in [5, 5.41) is 11.2. The van der Waals surface area contributed by atoms with E-state index in [-0.39, 0.29) is 29.4 Å². The van der Waals surface area contributed by atoms with Gasteiger partial charge in [0.2, 0.25) is 5.95 Å². The number of rotatable bonds is 4. The molecular formula is C19H23N7O4. The molecule has 4 rings (SSSR count). The number of non-ortho nitro benzene ring substituents is 1. The van der Waals surface area contributed by atoms with Crippen LogP contribution in [0.4, 0.5) is 11.6 Å². The number of anilines is 1. The molecule has 1 unspecified atom stereocenters. The average molecular weight is 413 g/mol. The van der Waals surface area contributed by atoms with Gasteiger partial charge in [-0.05, 0) is 18.4 Å². The predicted molar refractivity (Wildman–Crippen MR) is 112 cm³/mol. The summed E-state index contributed by atoms with van der Waals surface area (Å²) in [5.41, 5.74) is 6.41. The molecule has 0 saturated carbocycles. The van der Waals surface area contributed by atoms with Gasteiger partial charge >= 0.3 is 5.69 Å². The van der Waals surface area contributed by atoms with Crippen LogP contribution < -0.4 is 21.9 Å². The van der Waals surface area contributed by atoms with E-state index in [4.69, 9.17) is 5.73 Å². The van der Waals surface area contributed by atoms with Crippen molar-refractivity contribution in [1.82, 2.24) is 18.7 Å². The molecule has 1 aliphatic heterocycles. The fraction of sp³-hybridized carbons (Fsp3) is 0.421. The van der Waals surface area contributed by atoms with Crippen molar-refractivity contribution in [2.75, 3.05) is 18.0 Å². The standard InChI is InChI=1S/C19H23N7O4/c1-22-16-15(17(27)23(2)19(22)28)25(10-12-5-3-7-14(9-12)26(29)30)18(21-16)24-8-4-6-13(20)11-24/h3,5,7,9,13H,4,6,8,10-11,20H2,1-2H3. The third kappa shape index (κ3) is 3.26. The first-order chi connectivity index (χ1) is 14.3. The van der Waals surface area contributed by atoms with Crippen molar-refractivity contribution in [1.29, 1.82) is 0 Å². The van der Waals surface area contributed by atoms with Crippen molar-refractivity contribution >= 4 is 22.8 Å². The molecule has 3 aromatic rings. The number of imidazole rings is 1. The first kappa shape index (κ1) is 19.8. The Morgan fingerprint density at radius 1 is 1.27 bits per heavy atom. The van der Waals surface area contributed by atoms with Crippen LogP contribution in [-0.4, -0.2) is 42.7 Å². The minimum absolute atomic E-state index is 0.0172. The summed E-state index contributed by atoms with van der Waals surface area (Å²) in [7, 11) is 2.99. The van der Waals surface area contributed by atoms with Gasteiger partial charge in [-0.2, -0.15) is 4.98 Å². The van der Waals surface area contributed by atoms with Crippen LogP contribution in [-0.2, 0) is 20.6 Å². The van der Waals surface area contributed by atoms with Crippen LogP contribution in [0.15, 0.2) is 33.9 Å². The molecule has 0 spiro atoms. The fourth-order valence-electron chi connectivity index (χ4n) is 3.97.